The summed E-state index contributed by atoms with van der Waals surface area (Å²) >= 11 is 1.43. The van der Waals surface area contributed by atoms with E-state index in [4.69, 9.17) is 4.74 Å². The van der Waals surface area contributed by atoms with Crippen LogP contribution >= 0.6 is 11.3 Å². The van der Waals surface area contributed by atoms with Crippen molar-refractivity contribution >= 4 is 17.2 Å². The third-order valence-electron chi connectivity index (χ3n) is 2.31. The van der Waals surface area contributed by atoms with Crippen molar-refractivity contribution in [3.8, 4) is 5.75 Å². The maximum Gasteiger partial charge on any atom is 0.270 e. The Morgan fingerprint density at radius 1 is 1.37 bits per heavy atom. The fourth-order valence-corrected chi connectivity index (χ4v) is 2.16. The van der Waals surface area contributed by atoms with Gasteiger partial charge < -0.3 is 10.1 Å². The standard InChI is InChI=1S/C14H16N2O2S/c1-10(2)15-14(17)12-9-19-13(16-12)8-18-11-6-4-3-5-7-11/h3-7,9-10H,8H2,1-2H3,(H,15,17). The monoisotopic (exact) mass is 276 g/mol. The van der Waals surface area contributed by atoms with Gasteiger partial charge in [-0.3, -0.25) is 4.79 Å². The summed E-state index contributed by atoms with van der Waals surface area (Å²) in [6.07, 6.45) is 0. The summed E-state index contributed by atoms with van der Waals surface area (Å²) in [6.45, 7) is 4.22. The molecule has 0 spiro atoms. The second-order valence-electron chi connectivity index (χ2n) is 4.36. The number of thiazole rings is 1. The van der Waals surface area contributed by atoms with E-state index in [0.29, 0.717) is 12.3 Å². The fraction of sp³-hybridized carbons (Fsp3) is 0.286. The minimum absolute atomic E-state index is 0.109. The first-order valence-electron chi connectivity index (χ1n) is 6.08. The molecule has 0 radical (unpaired) electrons. The van der Waals surface area contributed by atoms with Crippen molar-refractivity contribution in [1.82, 2.24) is 10.3 Å². The van der Waals surface area contributed by atoms with Crippen LogP contribution in [0.2, 0.25) is 0 Å². The molecular weight excluding hydrogens is 260 g/mol. The minimum Gasteiger partial charge on any atom is -0.486 e. The van der Waals surface area contributed by atoms with E-state index in [1.54, 1.807) is 5.38 Å². The predicted octanol–water partition coefficient (Wildman–Crippen LogP) is 2.86. The molecule has 19 heavy (non-hydrogen) atoms. The number of rotatable bonds is 5. The van der Waals surface area contributed by atoms with E-state index in [2.05, 4.69) is 10.3 Å². The van der Waals surface area contributed by atoms with Gasteiger partial charge in [-0.25, -0.2) is 4.98 Å². The van der Waals surface area contributed by atoms with Gasteiger partial charge in [-0.15, -0.1) is 11.3 Å². The Balaban J connectivity index is 1.92. The fourth-order valence-electron chi connectivity index (χ4n) is 1.48. The summed E-state index contributed by atoms with van der Waals surface area (Å²) in [4.78, 5) is 16.0. The third kappa shape index (κ3) is 4.06. The average molecular weight is 276 g/mol. The maximum absolute atomic E-state index is 11.7. The molecule has 0 fully saturated rings. The van der Waals surface area contributed by atoms with Crippen LogP contribution in [-0.4, -0.2) is 16.9 Å². The van der Waals surface area contributed by atoms with Gasteiger partial charge in [-0.05, 0) is 26.0 Å². The van der Waals surface area contributed by atoms with Gasteiger partial charge in [0.2, 0.25) is 0 Å². The molecule has 0 aliphatic heterocycles. The van der Waals surface area contributed by atoms with Crippen LogP contribution in [0.4, 0.5) is 0 Å². The summed E-state index contributed by atoms with van der Waals surface area (Å²) in [5.41, 5.74) is 0.449. The summed E-state index contributed by atoms with van der Waals surface area (Å²) in [6, 6.07) is 9.65. The largest absolute Gasteiger partial charge is 0.486 e. The van der Waals surface area contributed by atoms with Crippen LogP contribution in [0.5, 0.6) is 5.75 Å². The van der Waals surface area contributed by atoms with Crippen LogP contribution < -0.4 is 10.1 Å². The van der Waals surface area contributed by atoms with Crippen LogP contribution in [0.1, 0.15) is 29.3 Å². The lowest BCUT2D eigenvalue weighted by Gasteiger charge is -2.05. The number of nitrogens with zero attached hydrogens (tertiary/aromatic N) is 1. The molecule has 100 valence electrons. The van der Waals surface area contributed by atoms with Crippen molar-refractivity contribution < 1.29 is 9.53 Å². The summed E-state index contributed by atoms with van der Waals surface area (Å²) in [7, 11) is 0. The van der Waals surface area contributed by atoms with Crippen LogP contribution in [0.15, 0.2) is 35.7 Å². The lowest BCUT2D eigenvalue weighted by Crippen LogP contribution is -2.30. The smallest absolute Gasteiger partial charge is 0.270 e. The van der Waals surface area contributed by atoms with Gasteiger partial charge in [0, 0.05) is 11.4 Å². The van der Waals surface area contributed by atoms with Crippen LogP contribution in [0.3, 0.4) is 0 Å². The lowest BCUT2D eigenvalue weighted by molar-refractivity contribution is 0.0938. The molecule has 0 aliphatic rings. The van der Waals surface area contributed by atoms with E-state index < -0.39 is 0 Å². The Morgan fingerprint density at radius 2 is 2.11 bits per heavy atom. The Bertz CT molecular complexity index is 537. The van der Waals surface area contributed by atoms with E-state index in [1.165, 1.54) is 11.3 Å². The van der Waals surface area contributed by atoms with Crippen LogP contribution in [0, 0.1) is 0 Å². The molecule has 2 aromatic rings. The quantitative estimate of drug-likeness (QED) is 0.913. The first-order chi connectivity index (χ1) is 9.15. The second-order valence-corrected chi connectivity index (χ2v) is 5.30. The van der Waals surface area contributed by atoms with Crippen LogP contribution in [-0.2, 0) is 6.61 Å². The van der Waals surface area contributed by atoms with Crippen molar-refractivity contribution in [3.63, 3.8) is 0 Å². The molecule has 0 unspecified atom stereocenters. The van der Waals surface area contributed by atoms with Gasteiger partial charge in [0.15, 0.2) is 0 Å². The van der Waals surface area contributed by atoms with E-state index >= 15 is 0 Å². The van der Waals surface area contributed by atoms with Gasteiger partial charge in [-0.1, -0.05) is 18.2 Å². The molecule has 5 heteroatoms. The SMILES string of the molecule is CC(C)NC(=O)c1csc(COc2ccccc2)n1. The number of hydrogen-bond donors (Lipinski definition) is 1. The van der Waals surface area contributed by atoms with E-state index in [9.17, 15) is 4.79 Å². The van der Waals surface area contributed by atoms with Crippen molar-refractivity contribution in [2.75, 3.05) is 0 Å². The summed E-state index contributed by atoms with van der Waals surface area (Å²) < 4.78 is 5.58. The maximum atomic E-state index is 11.7. The number of para-hydroxylation sites is 1. The summed E-state index contributed by atoms with van der Waals surface area (Å²) in [5.74, 6) is 0.656. The number of carbonyl (C=O) groups is 1. The van der Waals surface area contributed by atoms with Crippen molar-refractivity contribution in [2.45, 2.75) is 26.5 Å². The van der Waals surface area contributed by atoms with Gasteiger partial charge in [0.1, 0.15) is 23.1 Å². The Hall–Kier alpha value is -1.88. The molecule has 1 aromatic carbocycles. The highest BCUT2D eigenvalue weighted by molar-refractivity contribution is 7.09. The molecule has 2 rings (SSSR count). The molecule has 0 saturated heterocycles. The van der Waals surface area contributed by atoms with Crippen molar-refractivity contribution in [2.24, 2.45) is 0 Å². The number of amides is 1. The van der Waals surface area contributed by atoms with Crippen molar-refractivity contribution in [3.05, 3.63) is 46.4 Å². The number of hydrogen-bond acceptors (Lipinski definition) is 4. The van der Waals surface area contributed by atoms with Gasteiger partial charge in [0.25, 0.3) is 5.91 Å². The topological polar surface area (TPSA) is 51.2 Å². The highest BCUT2D eigenvalue weighted by atomic mass is 32.1. The van der Waals surface area contributed by atoms with Crippen molar-refractivity contribution in [1.29, 1.82) is 0 Å². The van der Waals surface area contributed by atoms with E-state index in [-0.39, 0.29) is 11.9 Å². The van der Waals surface area contributed by atoms with E-state index in [0.717, 1.165) is 10.8 Å². The molecule has 1 heterocycles. The minimum atomic E-state index is -0.141. The first-order valence-corrected chi connectivity index (χ1v) is 6.96. The second kappa shape index (κ2) is 6.33. The first kappa shape index (κ1) is 13.5. The Kier molecular flexibility index (Phi) is 4.52. The third-order valence-corrected chi connectivity index (χ3v) is 3.13. The highest BCUT2D eigenvalue weighted by Crippen LogP contribution is 2.15. The molecular formula is C14H16N2O2S. The zero-order valence-corrected chi connectivity index (χ0v) is 11.7. The predicted molar refractivity (Wildman–Crippen MR) is 75.5 cm³/mol. The zero-order valence-electron chi connectivity index (χ0n) is 10.9. The molecule has 1 N–H and O–H groups in total. The summed E-state index contributed by atoms with van der Waals surface area (Å²) in [5, 5.41) is 5.35. The highest BCUT2D eigenvalue weighted by Gasteiger charge is 2.11. The number of carbonyl (C=O) groups excluding carboxylic acids is 1. The molecule has 0 aliphatic carbocycles. The average Bonchev–Trinajstić information content (AvgIpc) is 2.86. The number of benzene rings is 1. The Morgan fingerprint density at radius 3 is 2.79 bits per heavy atom. The Labute approximate surface area is 116 Å². The molecule has 0 atom stereocenters. The molecule has 0 saturated carbocycles. The molecule has 1 aromatic heterocycles. The van der Waals surface area contributed by atoms with Gasteiger partial charge in [0.05, 0.1) is 0 Å². The van der Waals surface area contributed by atoms with Crippen LogP contribution in [0.25, 0.3) is 0 Å². The normalized spacial score (nSPS) is 10.5. The molecule has 1 amide bonds. The van der Waals surface area contributed by atoms with Gasteiger partial charge in [-0.2, -0.15) is 0 Å². The lowest BCUT2D eigenvalue weighted by atomic mass is 10.3. The molecule has 4 nitrogen and oxygen atoms in total. The number of aromatic nitrogens is 1. The molecule has 0 bridgehead atoms. The van der Waals surface area contributed by atoms with Gasteiger partial charge >= 0.3 is 0 Å². The van der Waals surface area contributed by atoms with E-state index in [1.807, 2.05) is 44.2 Å². The number of nitrogens with one attached hydrogen (secondary N) is 1. The number of ether oxygens (including phenoxy) is 1. The zero-order chi connectivity index (χ0) is 13.7.